The van der Waals surface area contributed by atoms with E-state index in [0.29, 0.717) is 38.9 Å². The lowest BCUT2D eigenvalue weighted by atomic mass is 10.2. The summed E-state index contributed by atoms with van der Waals surface area (Å²) in [6.45, 7) is 4.23. The molecule has 0 aliphatic carbocycles. The summed E-state index contributed by atoms with van der Waals surface area (Å²) >= 11 is 7.27. The second-order valence-electron chi connectivity index (χ2n) is 6.45. The highest BCUT2D eigenvalue weighted by atomic mass is 35.5. The van der Waals surface area contributed by atoms with Gasteiger partial charge < -0.3 is 5.32 Å². The van der Waals surface area contributed by atoms with E-state index in [1.807, 2.05) is 13.0 Å². The molecule has 3 aromatic rings. The van der Waals surface area contributed by atoms with E-state index in [9.17, 15) is 9.59 Å². The van der Waals surface area contributed by atoms with Crippen molar-refractivity contribution in [3.63, 3.8) is 0 Å². The van der Waals surface area contributed by atoms with Crippen LogP contribution in [0.25, 0.3) is 10.9 Å². The molecule has 0 spiro atoms. The first-order valence-corrected chi connectivity index (χ1v) is 10.4. The number of nitrogens with zero attached hydrogens (tertiary/aromatic N) is 3. The third kappa shape index (κ3) is 4.78. The largest absolute Gasteiger partial charge is 0.325 e. The van der Waals surface area contributed by atoms with Crippen LogP contribution in [0.4, 0.5) is 5.69 Å². The van der Waals surface area contributed by atoms with Gasteiger partial charge in [-0.3, -0.25) is 14.2 Å². The maximum atomic E-state index is 12.9. The number of nitrogens with one attached hydrogen (secondary N) is 1. The SMILES string of the molecule is CCCn1c(SC(C)C(=O)Nc2cccc(C#N)c2)nc2cc(Cl)ccc2c1=O. The first kappa shape index (κ1) is 20.9. The standard InChI is InChI=1S/C21H19ClN4O2S/c1-3-9-26-20(28)17-8-7-15(22)11-18(17)25-21(26)29-13(2)19(27)24-16-6-4-5-14(10-16)12-23/h4-8,10-11,13H,3,9H2,1-2H3,(H,24,27). The third-order valence-electron chi connectivity index (χ3n) is 4.24. The molecule has 0 aliphatic heterocycles. The van der Waals surface area contributed by atoms with Crippen LogP contribution < -0.4 is 10.9 Å². The highest BCUT2D eigenvalue weighted by Gasteiger charge is 2.19. The number of anilines is 1. The van der Waals surface area contributed by atoms with Crippen LogP contribution >= 0.6 is 23.4 Å². The molecule has 1 unspecified atom stereocenters. The predicted molar refractivity (Wildman–Crippen MR) is 116 cm³/mol. The summed E-state index contributed by atoms with van der Waals surface area (Å²) in [7, 11) is 0. The van der Waals surface area contributed by atoms with Gasteiger partial charge >= 0.3 is 0 Å². The van der Waals surface area contributed by atoms with Gasteiger partial charge in [-0.2, -0.15) is 5.26 Å². The number of thioether (sulfide) groups is 1. The second kappa shape index (κ2) is 9.12. The molecule has 0 fully saturated rings. The minimum atomic E-state index is -0.507. The minimum absolute atomic E-state index is 0.148. The van der Waals surface area contributed by atoms with Gasteiger partial charge in [0.25, 0.3) is 5.56 Å². The lowest BCUT2D eigenvalue weighted by Crippen LogP contribution is -2.27. The van der Waals surface area contributed by atoms with Gasteiger partial charge in [0.2, 0.25) is 5.91 Å². The monoisotopic (exact) mass is 426 g/mol. The first-order chi connectivity index (χ1) is 13.9. The summed E-state index contributed by atoms with van der Waals surface area (Å²) in [5.41, 5.74) is 1.37. The molecule has 0 bridgehead atoms. The van der Waals surface area contributed by atoms with Gasteiger partial charge in [-0.25, -0.2) is 4.98 Å². The lowest BCUT2D eigenvalue weighted by Gasteiger charge is -2.16. The molecule has 29 heavy (non-hydrogen) atoms. The lowest BCUT2D eigenvalue weighted by molar-refractivity contribution is -0.115. The maximum absolute atomic E-state index is 12.9. The van der Waals surface area contributed by atoms with Crippen LogP contribution in [0, 0.1) is 11.3 Å². The van der Waals surface area contributed by atoms with Crippen molar-refractivity contribution in [1.82, 2.24) is 9.55 Å². The smallest absolute Gasteiger partial charge is 0.262 e. The molecule has 3 rings (SSSR count). The molecule has 0 saturated carbocycles. The molecule has 1 aromatic heterocycles. The fraction of sp³-hybridized carbons (Fsp3) is 0.238. The fourth-order valence-corrected chi connectivity index (χ4v) is 3.91. The summed E-state index contributed by atoms with van der Waals surface area (Å²) in [4.78, 5) is 30.1. The topological polar surface area (TPSA) is 87.8 Å². The average Bonchev–Trinajstić information content (AvgIpc) is 2.70. The van der Waals surface area contributed by atoms with E-state index >= 15 is 0 Å². The van der Waals surface area contributed by atoms with Gasteiger partial charge in [0.15, 0.2) is 5.16 Å². The normalized spacial score (nSPS) is 11.8. The van der Waals surface area contributed by atoms with Crippen LogP contribution in [0.5, 0.6) is 0 Å². The molecule has 0 saturated heterocycles. The molecule has 1 atom stereocenters. The Hall–Kier alpha value is -2.82. The predicted octanol–water partition coefficient (Wildman–Crippen LogP) is 4.45. The number of fused-ring (bicyclic) bond motifs is 1. The fourth-order valence-electron chi connectivity index (χ4n) is 2.81. The Morgan fingerprint density at radius 3 is 2.86 bits per heavy atom. The van der Waals surface area contributed by atoms with E-state index in [1.54, 1.807) is 54.0 Å². The highest BCUT2D eigenvalue weighted by molar-refractivity contribution is 8.00. The van der Waals surface area contributed by atoms with Crippen LogP contribution in [0.15, 0.2) is 52.4 Å². The summed E-state index contributed by atoms with van der Waals surface area (Å²) in [6.07, 6.45) is 0.760. The molecular weight excluding hydrogens is 408 g/mol. The molecule has 0 aliphatic rings. The number of carbonyl (C=O) groups is 1. The minimum Gasteiger partial charge on any atom is -0.325 e. The maximum Gasteiger partial charge on any atom is 0.262 e. The Morgan fingerprint density at radius 1 is 1.34 bits per heavy atom. The zero-order chi connectivity index (χ0) is 21.0. The molecule has 6 nitrogen and oxygen atoms in total. The Bertz CT molecular complexity index is 1170. The summed E-state index contributed by atoms with van der Waals surface area (Å²) in [6, 6.07) is 13.7. The molecule has 148 valence electrons. The molecular formula is C21H19ClN4O2S. The first-order valence-electron chi connectivity index (χ1n) is 9.10. The van der Waals surface area contributed by atoms with E-state index in [1.165, 1.54) is 11.8 Å². The van der Waals surface area contributed by atoms with Gasteiger partial charge in [-0.1, -0.05) is 36.4 Å². The zero-order valence-electron chi connectivity index (χ0n) is 16.0. The van der Waals surface area contributed by atoms with Gasteiger partial charge in [0, 0.05) is 17.3 Å². The molecule has 8 heteroatoms. The Kier molecular flexibility index (Phi) is 6.57. The number of hydrogen-bond donors (Lipinski definition) is 1. The van der Waals surface area contributed by atoms with Gasteiger partial charge in [-0.05, 0) is 49.7 Å². The van der Waals surface area contributed by atoms with Crippen molar-refractivity contribution in [1.29, 1.82) is 5.26 Å². The van der Waals surface area contributed by atoms with Gasteiger partial charge in [0.05, 0.1) is 27.8 Å². The molecule has 1 amide bonds. The number of amides is 1. The third-order valence-corrected chi connectivity index (χ3v) is 5.57. The summed E-state index contributed by atoms with van der Waals surface area (Å²) in [5.74, 6) is -0.242. The van der Waals surface area contributed by atoms with Crippen molar-refractivity contribution < 1.29 is 4.79 Å². The van der Waals surface area contributed by atoms with Crippen LogP contribution in [-0.2, 0) is 11.3 Å². The van der Waals surface area contributed by atoms with Crippen molar-refractivity contribution in [3.8, 4) is 6.07 Å². The van der Waals surface area contributed by atoms with Crippen molar-refractivity contribution in [2.75, 3.05) is 5.32 Å². The summed E-state index contributed by atoms with van der Waals surface area (Å²) in [5, 5.41) is 12.8. The van der Waals surface area contributed by atoms with E-state index in [2.05, 4.69) is 10.3 Å². The Balaban J connectivity index is 1.89. The van der Waals surface area contributed by atoms with Crippen LogP contribution in [0.2, 0.25) is 5.02 Å². The Morgan fingerprint density at radius 2 is 2.14 bits per heavy atom. The van der Waals surface area contributed by atoms with Gasteiger partial charge in [-0.15, -0.1) is 0 Å². The number of benzene rings is 2. The Labute approximate surface area is 177 Å². The van der Waals surface area contributed by atoms with E-state index < -0.39 is 5.25 Å². The van der Waals surface area contributed by atoms with E-state index in [0.717, 1.165) is 6.42 Å². The van der Waals surface area contributed by atoms with Crippen molar-refractivity contribution in [2.24, 2.45) is 0 Å². The highest BCUT2D eigenvalue weighted by Crippen LogP contribution is 2.25. The van der Waals surface area contributed by atoms with Crippen molar-refractivity contribution in [2.45, 2.75) is 37.2 Å². The van der Waals surface area contributed by atoms with Crippen LogP contribution in [0.3, 0.4) is 0 Å². The van der Waals surface area contributed by atoms with E-state index in [4.69, 9.17) is 16.9 Å². The number of aromatic nitrogens is 2. The molecule has 1 heterocycles. The number of halogens is 1. The number of nitriles is 1. The van der Waals surface area contributed by atoms with Crippen molar-refractivity contribution in [3.05, 3.63) is 63.4 Å². The van der Waals surface area contributed by atoms with Crippen LogP contribution in [-0.4, -0.2) is 20.7 Å². The number of hydrogen-bond acceptors (Lipinski definition) is 5. The zero-order valence-corrected chi connectivity index (χ0v) is 17.5. The van der Waals surface area contributed by atoms with Crippen LogP contribution in [0.1, 0.15) is 25.8 Å². The quantitative estimate of drug-likeness (QED) is 0.464. The van der Waals surface area contributed by atoms with Gasteiger partial charge in [0.1, 0.15) is 0 Å². The summed E-state index contributed by atoms with van der Waals surface area (Å²) < 4.78 is 1.60. The number of rotatable bonds is 6. The average molecular weight is 427 g/mol. The molecule has 1 N–H and O–H groups in total. The number of carbonyl (C=O) groups excluding carboxylic acids is 1. The van der Waals surface area contributed by atoms with E-state index in [-0.39, 0.29) is 11.5 Å². The van der Waals surface area contributed by atoms with Crippen molar-refractivity contribution >= 4 is 45.9 Å². The molecule has 2 aromatic carbocycles. The molecule has 0 radical (unpaired) electrons. The second-order valence-corrected chi connectivity index (χ2v) is 8.20.